The number of carbonyl (C=O) groups excluding carboxylic acids is 1. The molecule has 0 aromatic carbocycles. The number of hydrogen-bond donors (Lipinski definition) is 4. The van der Waals surface area contributed by atoms with Crippen LogP contribution in [0, 0.1) is 0 Å². The third-order valence-corrected chi connectivity index (χ3v) is 1.26. The minimum Gasteiger partial charge on any atom is -0.475 e. The maximum Gasteiger partial charge on any atom is 0.372 e. The number of carboxylic acids is 1. The first kappa shape index (κ1) is 11.0. The minimum atomic E-state index is -1.67. The highest BCUT2D eigenvalue weighted by Crippen LogP contribution is 1.99. The highest BCUT2D eigenvalue weighted by atomic mass is 16.4. The number of aliphatic carboxylic acids is 1. The molecule has 0 saturated carbocycles. The number of carboxylic acid groups (broad SMARTS) is 1. The van der Waals surface area contributed by atoms with Crippen LogP contribution in [0.2, 0.25) is 0 Å². The molecule has 4 N–H and O–H groups in total. The fourth-order valence-electron chi connectivity index (χ4n) is 0.535. The Morgan fingerprint density at radius 1 is 1.17 bits per heavy atom. The van der Waals surface area contributed by atoms with Gasteiger partial charge in [0, 0.05) is 6.42 Å². The molecule has 0 fully saturated rings. The largest absolute Gasteiger partial charge is 0.475 e. The molecule has 2 atom stereocenters. The van der Waals surface area contributed by atoms with Crippen LogP contribution < -0.4 is 0 Å². The van der Waals surface area contributed by atoms with Crippen LogP contribution in [0.5, 0.6) is 0 Å². The smallest absolute Gasteiger partial charge is 0.372 e. The summed E-state index contributed by atoms with van der Waals surface area (Å²) in [4.78, 5) is 20.4. The van der Waals surface area contributed by atoms with Crippen LogP contribution in [0.1, 0.15) is 6.42 Å². The Morgan fingerprint density at radius 2 is 1.67 bits per heavy atom. The summed E-state index contributed by atoms with van der Waals surface area (Å²) in [6.45, 7) is -0.714. The first-order valence-corrected chi connectivity index (χ1v) is 3.22. The molecule has 12 heavy (non-hydrogen) atoms. The van der Waals surface area contributed by atoms with Gasteiger partial charge in [-0.3, -0.25) is 4.79 Å². The average Bonchev–Trinajstić information content (AvgIpc) is 2.02. The zero-order valence-corrected chi connectivity index (χ0v) is 6.17. The first-order valence-electron chi connectivity index (χ1n) is 3.22. The normalized spacial score (nSPS) is 15.2. The second kappa shape index (κ2) is 4.81. The van der Waals surface area contributed by atoms with Crippen molar-refractivity contribution in [3.05, 3.63) is 0 Å². The third kappa shape index (κ3) is 3.42. The van der Waals surface area contributed by atoms with Crippen LogP contribution in [0.25, 0.3) is 0 Å². The van der Waals surface area contributed by atoms with Crippen molar-refractivity contribution >= 4 is 11.8 Å². The fraction of sp³-hybridized carbons (Fsp3) is 0.667. The summed E-state index contributed by atoms with van der Waals surface area (Å²) in [6, 6.07) is 0. The molecule has 70 valence electrons. The van der Waals surface area contributed by atoms with E-state index in [0.717, 1.165) is 0 Å². The van der Waals surface area contributed by atoms with Gasteiger partial charge in [0.15, 0.2) is 0 Å². The van der Waals surface area contributed by atoms with Gasteiger partial charge in [-0.05, 0) is 0 Å². The summed E-state index contributed by atoms with van der Waals surface area (Å²) in [5.41, 5.74) is 0. The maximum absolute atomic E-state index is 10.4. The molecule has 0 saturated heterocycles. The van der Waals surface area contributed by atoms with Gasteiger partial charge in [-0.15, -0.1) is 0 Å². The molecule has 6 nitrogen and oxygen atoms in total. The Hall–Kier alpha value is -0.980. The zero-order valence-electron chi connectivity index (χ0n) is 6.17. The van der Waals surface area contributed by atoms with Gasteiger partial charge in [0.25, 0.3) is 0 Å². The lowest BCUT2D eigenvalue weighted by Crippen LogP contribution is -2.33. The molecular weight excluding hydrogens is 168 g/mol. The van der Waals surface area contributed by atoms with E-state index in [0.29, 0.717) is 0 Å². The Kier molecular flexibility index (Phi) is 4.42. The molecule has 0 radical (unpaired) electrons. The lowest BCUT2D eigenvalue weighted by molar-refractivity contribution is -0.151. The summed E-state index contributed by atoms with van der Waals surface area (Å²) in [6.07, 6.45) is -3.70. The molecule has 6 heteroatoms. The molecule has 0 bridgehead atoms. The predicted molar refractivity (Wildman–Crippen MR) is 36.4 cm³/mol. The van der Waals surface area contributed by atoms with E-state index in [1.54, 1.807) is 0 Å². The molecule has 0 aromatic rings. The monoisotopic (exact) mass is 178 g/mol. The van der Waals surface area contributed by atoms with E-state index in [9.17, 15) is 9.59 Å². The van der Waals surface area contributed by atoms with E-state index in [2.05, 4.69) is 0 Å². The van der Waals surface area contributed by atoms with E-state index < -0.39 is 37.0 Å². The molecule has 0 aromatic heterocycles. The molecular formula is C6H10O6. The number of carbonyl (C=O) groups is 2. The molecule has 0 aliphatic heterocycles. The van der Waals surface area contributed by atoms with E-state index in [1.165, 1.54) is 0 Å². The molecule has 0 unspecified atom stereocenters. The summed E-state index contributed by atoms with van der Waals surface area (Å²) < 4.78 is 0. The van der Waals surface area contributed by atoms with Gasteiger partial charge in [-0.25, -0.2) is 4.79 Å². The number of ketones is 1. The number of aliphatic hydroxyl groups excluding tert-OH is 3. The van der Waals surface area contributed by atoms with E-state index in [-0.39, 0.29) is 0 Å². The second-order valence-corrected chi connectivity index (χ2v) is 2.25. The predicted octanol–water partition coefficient (Wildman–Crippen LogP) is -2.26. The molecule has 0 aliphatic carbocycles. The zero-order chi connectivity index (χ0) is 9.72. The molecule has 0 spiro atoms. The standard InChI is InChI=1S/C6H10O6/c7-2-5(10)3(8)1-4(9)6(11)12/h3,5,7-8,10H,1-2H2,(H,11,12)/t3-,5-/m1/s1. The second-order valence-electron chi connectivity index (χ2n) is 2.25. The van der Waals surface area contributed by atoms with E-state index in [1.807, 2.05) is 0 Å². The Morgan fingerprint density at radius 3 is 2.00 bits per heavy atom. The fourth-order valence-corrected chi connectivity index (χ4v) is 0.535. The van der Waals surface area contributed by atoms with Gasteiger partial charge < -0.3 is 20.4 Å². The van der Waals surface area contributed by atoms with Crippen molar-refractivity contribution in [1.82, 2.24) is 0 Å². The Bertz CT molecular complexity index is 177. The third-order valence-electron chi connectivity index (χ3n) is 1.26. The van der Waals surface area contributed by atoms with E-state index in [4.69, 9.17) is 20.4 Å². The SMILES string of the molecule is O=C(O)C(=O)C[C@@H](O)[C@H](O)CO. The van der Waals surface area contributed by atoms with Crippen LogP contribution >= 0.6 is 0 Å². The van der Waals surface area contributed by atoms with Crippen molar-refractivity contribution in [3.63, 3.8) is 0 Å². The number of rotatable bonds is 5. The van der Waals surface area contributed by atoms with Crippen LogP contribution in [0.3, 0.4) is 0 Å². The first-order chi connectivity index (χ1) is 5.49. The van der Waals surface area contributed by atoms with Gasteiger partial charge >= 0.3 is 5.97 Å². The summed E-state index contributed by atoms with van der Waals surface area (Å²) in [5, 5.41) is 33.9. The highest BCUT2D eigenvalue weighted by molar-refractivity contribution is 6.32. The Labute approximate surface area is 68.1 Å². The van der Waals surface area contributed by atoms with Crippen molar-refractivity contribution < 1.29 is 30.0 Å². The molecule has 0 amide bonds. The van der Waals surface area contributed by atoms with Crippen LogP contribution in [-0.2, 0) is 9.59 Å². The van der Waals surface area contributed by atoms with Crippen molar-refractivity contribution in [2.45, 2.75) is 18.6 Å². The molecule has 0 rings (SSSR count). The molecule has 0 aliphatic rings. The van der Waals surface area contributed by atoms with Crippen molar-refractivity contribution in [2.24, 2.45) is 0 Å². The highest BCUT2D eigenvalue weighted by Gasteiger charge is 2.22. The van der Waals surface area contributed by atoms with Gasteiger partial charge in [0.2, 0.25) is 5.78 Å². The summed E-state index contributed by atoms with van der Waals surface area (Å²) in [7, 11) is 0. The van der Waals surface area contributed by atoms with Crippen molar-refractivity contribution in [1.29, 1.82) is 0 Å². The number of aliphatic hydroxyl groups is 3. The summed E-state index contributed by atoms with van der Waals surface area (Å²) >= 11 is 0. The quantitative estimate of drug-likeness (QED) is 0.353. The average molecular weight is 178 g/mol. The van der Waals surface area contributed by atoms with Crippen LogP contribution in [0.15, 0.2) is 0 Å². The van der Waals surface area contributed by atoms with Gasteiger partial charge in [0.1, 0.15) is 6.10 Å². The van der Waals surface area contributed by atoms with Gasteiger partial charge in [0.05, 0.1) is 12.7 Å². The topological polar surface area (TPSA) is 115 Å². The number of Topliss-reactive ketones (excluding diaryl/α,β-unsaturated/α-hetero) is 1. The van der Waals surface area contributed by atoms with Crippen molar-refractivity contribution in [2.75, 3.05) is 6.61 Å². The van der Waals surface area contributed by atoms with Crippen molar-refractivity contribution in [3.8, 4) is 0 Å². The van der Waals surface area contributed by atoms with Gasteiger partial charge in [-0.2, -0.15) is 0 Å². The van der Waals surface area contributed by atoms with Crippen LogP contribution in [-0.4, -0.2) is 51.0 Å². The van der Waals surface area contributed by atoms with Gasteiger partial charge in [-0.1, -0.05) is 0 Å². The Balaban J connectivity index is 3.92. The van der Waals surface area contributed by atoms with Crippen LogP contribution in [0.4, 0.5) is 0 Å². The maximum atomic E-state index is 10.4. The number of hydrogen-bond acceptors (Lipinski definition) is 5. The summed E-state index contributed by atoms with van der Waals surface area (Å²) in [5.74, 6) is -2.87. The lowest BCUT2D eigenvalue weighted by Gasteiger charge is -2.12. The molecule has 0 heterocycles. The van der Waals surface area contributed by atoms with E-state index >= 15 is 0 Å². The minimum absolute atomic E-state index is 0.697. The lowest BCUT2D eigenvalue weighted by atomic mass is 10.1.